The average Bonchev–Trinajstić information content (AvgIpc) is 3.52. The molecule has 8 nitrogen and oxygen atoms in total. The van der Waals surface area contributed by atoms with Crippen LogP contribution in [0.3, 0.4) is 0 Å². The number of fused-ring (bicyclic) bond motifs is 1. The van der Waals surface area contributed by atoms with Gasteiger partial charge in [-0.3, -0.25) is 14.5 Å². The first kappa shape index (κ1) is 25.1. The Kier molecular flexibility index (Phi) is 7.32. The number of carbonyl (C=O) groups is 2. The maximum Gasteiger partial charge on any atom is 0.271 e. The maximum absolute atomic E-state index is 14.2. The first-order valence-electron chi connectivity index (χ1n) is 12.6. The van der Waals surface area contributed by atoms with Gasteiger partial charge in [0.05, 0.1) is 17.8 Å². The standard InChI is InChI=1S/C28H31N3O5S/c1-17-26(37-18(2)29-17)28(33)31(21-11-14-23-24(15-21)36-16-35-23)25(19-9-12-22(34-3)13-10-19)27(32)30-20-7-5-4-6-8-20/h9-15,20,25H,4-8,16H2,1-3H3,(H,30,32)/t25-/m0/s1. The Hall–Kier alpha value is -3.59. The molecular formula is C28H31N3O5S. The van der Waals surface area contributed by atoms with Gasteiger partial charge in [0, 0.05) is 17.8 Å². The van der Waals surface area contributed by atoms with Gasteiger partial charge in [-0.25, -0.2) is 4.98 Å². The Morgan fingerprint density at radius 1 is 1.05 bits per heavy atom. The number of carbonyl (C=O) groups excluding carboxylic acids is 2. The van der Waals surface area contributed by atoms with Gasteiger partial charge in [0.15, 0.2) is 11.5 Å². The van der Waals surface area contributed by atoms with E-state index < -0.39 is 6.04 Å². The van der Waals surface area contributed by atoms with Crippen molar-refractivity contribution in [3.63, 3.8) is 0 Å². The highest BCUT2D eigenvalue weighted by molar-refractivity contribution is 7.13. The summed E-state index contributed by atoms with van der Waals surface area (Å²) in [6.45, 7) is 3.80. The molecule has 0 radical (unpaired) electrons. The van der Waals surface area contributed by atoms with Crippen LogP contribution in [0.4, 0.5) is 5.69 Å². The molecule has 1 atom stereocenters. The van der Waals surface area contributed by atoms with E-state index in [9.17, 15) is 9.59 Å². The van der Waals surface area contributed by atoms with Crippen LogP contribution in [0, 0.1) is 13.8 Å². The molecule has 2 amide bonds. The molecule has 0 unspecified atom stereocenters. The number of rotatable bonds is 7. The first-order valence-corrected chi connectivity index (χ1v) is 13.4. The number of aromatic nitrogens is 1. The van der Waals surface area contributed by atoms with Crippen molar-refractivity contribution in [2.45, 2.75) is 58.0 Å². The largest absolute Gasteiger partial charge is 0.497 e. The zero-order chi connectivity index (χ0) is 25.9. The van der Waals surface area contributed by atoms with E-state index >= 15 is 0 Å². The third kappa shape index (κ3) is 5.27. The molecule has 1 saturated carbocycles. The number of methoxy groups -OCH3 is 1. The lowest BCUT2D eigenvalue weighted by Crippen LogP contribution is -2.47. The normalized spacial score (nSPS) is 15.8. The summed E-state index contributed by atoms with van der Waals surface area (Å²) in [4.78, 5) is 34.8. The van der Waals surface area contributed by atoms with Crippen LogP contribution in [0.2, 0.25) is 0 Å². The Balaban J connectivity index is 1.62. The van der Waals surface area contributed by atoms with Crippen molar-refractivity contribution in [1.29, 1.82) is 0 Å². The lowest BCUT2D eigenvalue weighted by molar-refractivity contribution is -0.123. The van der Waals surface area contributed by atoms with E-state index in [-0.39, 0.29) is 24.6 Å². The second-order valence-corrected chi connectivity index (χ2v) is 10.6. The molecule has 3 aromatic rings. The van der Waals surface area contributed by atoms with Gasteiger partial charge in [0.25, 0.3) is 5.91 Å². The number of aryl methyl sites for hydroxylation is 2. The van der Waals surface area contributed by atoms with Crippen molar-refractivity contribution < 1.29 is 23.8 Å². The third-order valence-corrected chi connectivity index (χ3v) is 7.90. The molecular weight excluding hydrogens is 490 g/mol. The minimum Gasteiger partial charge on any atom is -0.497 e. The number of ether oxygens (including phenoxy) is 3. The average molecular weight is 522 g/mol. The smallest absolute Gasteiger partial charge is 0.271 e. The Bertz CT molecular complexity index is 1280. The lowest BCUT2D eigenvalue weighted by Gasteiger charge is -2.33. The van der Waals surface area contributed by atoms with Gasteiger partial charge in [0.1, 0.15) is 16.7 Å². The summed E-state index contributed by atoms with van der Waals surface area (Å²) in [5.74, 6) is 1.30. The molecule has 1 N–H and O–H groups in total. The van der Waals surface area contributed by atoms with Crippen LogP contribution in [0.15, 0.2) is 42.5 Å². The molecule has 2 aromatic carbocycles. The third-order valence-electron chi connectivity index (χ3n) is 6.84. The van der Waals surface area contributed by atoms with E-state index in [1.54, 1.807) is 42.3 Å². The Labute approximate surface area is 220 Å². The van der Waals surface area contributed by atoms with E-state index in [4.69, 9.17) is 14.2 Å². The zero-order valence-corrected chi connectivity index (χ0v) is 22.1. The monoisotopic (exact) mass is 521 g/mol. The molecule has 37 heavy (non-hydrogen) atoms. The number of nitrogens with one attached hydrogen (secondary N) is 1. The van der Waals surface area contributed by atoms with E-state index in [0.717, 1.165) is 30.7 Å². The second-order valence-electron chi connectivity index (χ2n) is 9.38. The fourth-order valence-corrected chi connectivity index (χ4v) is 5.85. The molecule has 2 heterocycles. The van der Waals surface area contributed by atoms with Crippen LogP contribution < -0.4 is 24.4 Å². The van der Waals surface area contributed by atoms with Crippen LogP contribution >= 0.6 is 11.3 Å². The van der Waals surface area contributed by atoms with Crippen molar-refractivity contribution in [1.82, 2.24) is 10.3 Å². The van der Waals surface area contributed by atoms with Gasteiger partial charge >= 0.3 is 0 Å². The molecule has 2 aliphatic rings. The summed E-state index contributed by atoms with van der Waals surface area (Å²) in [5.41, 5.74) is 1.86. The predicted molar refractivity (Wildman–Crippen MR) is 142 cm³/mol. The van der Waals surface area contributed by atoms with Gasteiger partial charge in [-0.2, -0.15) is 0 Å². The second kappa shape index (κ2) is 10.8. The highest BCUT2D eigenvalue weighted by Gasteiger charge is 2.36. The van der Waals surface area contributed by atoms with E-state index in [1.807, 2.05) is 26.0 Å². The van der Waals surface area contributed by atoms with Crippen molar-refractivity contribution >= 4 is 28.8 Å². The molecule has 1 fully saturated rings. The molecule has 1 aliphatic carbocycles. The fourth-order valence-electron chi connectivity index (χ4n) is 4.99. The van der Waals surface area contributed by atoms with E-state index in [1.165, 1.54) is 17.8 Å². The fraction of sp³-hybridized carbons (Fsp3) is 0.393. The number of hydrogen-bond donors (Lipinski definition) is 1. The van der Waals surface area contributed by atoms with Gasteiger partial charge in [-0.05, 0) is 56.5 Å². The molecule has 1 aromatic heterocycles. The number of thiazole rings is 1. The van der Waals surface area contributed by atoms with Crippen LogP contribution in [-0.2, 0) is 4.79 Å². The van der Waals surface area contributed by atoms with Gasteiger partial charge in [0.2, 0.25) is 12.7 Å². The molecule has 0 bridgehead atoms. The number of amides is 2. The van der Waals surface area contributed by atoms with Crippen molar-refractivity contribution in [2.24, 2.45) is 0 Å². The first-order chi connectivity index (χ1) is 17.9. The highest BCUT2D eigenvalue weighted by atomic mass is 32.1. The van der Waals surface area contributed by atoms with Crippen molar-refractivity contribution in [2.75, 3.05) is 18.8 Å². The van der Waals surface area contributed by atoms with Crippen LogP contribution in [-0.4, -0.2) is 36.7 Å². The summed E-state index contributed by atoms with van der Waals surface area (Å²) in [6.07, 6.45) is 5.23. The minimum atomic E-state index is -0.914. The number of hydrogen-bond acceptors (Lipinski definition) is 7. The maximum atomic E-state index is 14.2. The number of nitrogens with zero attached hydrogens (tertiary/aromatic N) is 2. The zero-order valence-electron chi connectivity index (χ0n) is 21.3. The van der Waals surface area contributed by atoms with Crippen molar-refractivity contribution in [3.05, 3.63) is 63.6 Å². The van der Waals surface area contributed by atoms with Gasteiger partial charge in [-0.1, -0.05) is 31.4 Å². The summed E-state index contributed by atoms with van der Waals surface area (Å²) < 4.78 is 16.4. The molecule has 194 valence electrons. The lowest BCUT2D eigenvalue weighted by atomic mass is 9.94. The highest BCUT2D eigenvalue weighted by Crippen LogP contribution is 2.39. The Morgan fingerprint density at radius 3 is 2.46 bits per heavy atom. The topological polar surface area (TPSA) is 90.0 Å². The summed E-state index contributed by atoms with van der Waals surface area (Å²) in [7, 11) is 1.60. The quantitative estimate of drug-likeness (QED) is 0.452. The molecule has 9 heteroatoms. The summed E-state index contributed by atoms with van der Waals surface area (Å²) in [6, 6.07) is 11.8. The van der Waals surface area contributed by atoms with Crippen molar-refractivity contribution in [3.8, 4) is 17.2 Å². The number of benzene rings is 2. The van der Waals surface area contributed by atoms with Crippen LogP contribution in [0.5, 0.6) is 17.2 Å². The Morgan fingerprint density at radius 2 is 1.78 bits per heavy atom. The van der Waals surface area contributed by atoms with Gasteiger partial charge in [-0.15, -0.1) is 11.3 Å². The molecule has 5 rings (SSSR count). The van der Waals surface area contributed by atoms with Crippen LogP contribution in [0.25, 0.3) is 0 Å². The van der Waals surface area contributed by atoms with E-state index in [2.05, 4.69) is 10.3 Å². The minimum absolute atomic E-state index is 0.0862. The SMILES string of the molecule is COc1ccc([C@@H](C(=O)NC2CCCCC2)N(C(=O)c2sc(C)nc2C)c2ccc3c(c2)OCO3)cc1. The summed E-state index contributed by atoms with van der Waals surface area (Å²) >= 11 is 1.33. The molecule has 1 aliphatic heterocycles. The van der Waals surface area contributed by atoms with E-state index in [0.29, 0.717) is 39.1 Å². The number of anilines is 1. The molecule has 0 saturated heterocycles. The summed E-state index contributed by atoms with van der Waals surface area (Å²) in [5, 5.41) is 4.03. The predicted octanol–water partition coefficient (Wildman–Crippen LogP) is 5.33. The molecule has 0 spiro atoms. The van der Waals surface area contributed by atoms with Crippen LogP contribution in [0.1, 0.15) is 64.1 Å². The van der Waals surface area contributed by atoms with Gasteiger partial charge < -0.3 is 19.5 Å².